The minimum atomic E-state index is 0.263. The zero-order chi connectivity index (χ0) is 11.1. The Morgan fingerprint density at radius 2 is 2.33 bits per heavy atom. The van der Waals surface area contributed by atoms with Gasteiger partial charge in [0.15, 0.2) is 0 Å². The molecule has 1 rings (SSSR count). The van der Waals surface area contributed by atoms with Crippen molar-refractivity contribution in [1.29, 1.82) is 0 Å². The summed E-state index contributed by atoms with van der Waals surface area (Å²) in [5.41, 5.74) is 1.04. The van der Waals surface area contributed by atoms with Crippen molar-refractivity contribution < 1.29 is 5.11 Å². The fourth-order valence-corrected chi connectivity index (χ4v) is 1.51. The Morgan fingerprint density at radius 1 is 1.53 bits per heavy atom. The Labute approximate surface area is 99.1 Å². The van der Waals surface area contributed by atoms with Crippen LogP contribution < -0.4 is 5.32 Å². The normalized spacial score (nSPS) is 12.7. The van der Waals surface area contributed by atoms with Crippen molar-refractivity contribution >= 4 is 15.9 Å². The molecule has 0 fully saturated rings. The molecule has 1 unspecified atom stereocenters. The molecular formula is C11H17BrN2O. The van der Waals surface area contributed by atoms with Gasteiger partial charge in [0, 0.05) is 23.8 Å². The first kappa shape index (κ1) is 12.6. The first-order chi connectivity index (χ1) is 7.22. The van der Waals surface area contributed by atoms with Crippen molar-refractivity contribution in [1.82, 2.24) is 10.3 Å². The quantitative estimate of drug-likeness (QED) is 0.832. The second-order valence-corrected chi connectivity index (χ2v) is 4.63. The largest absolute Gasteiger partial charge is 0.396 e. The molecule has 0 bridgehead atoms. The van der Waals surface area contributed by atoms with Gasteiger partial charge in [-0.2, -0.15) is 0 Å². The van der Waals surface area contributed by atoms with Crippen LogP contribution in [0.4, 0.5) is 0 Å². The number of aliphatic hydroxyl groups excluding tert-OH is 1. The number of aliphatic hydroxyl groups is 1. The Bertz CT molecular complexity index is 276. The first-order valence-corrected chi connectivity index (χ1v) is 5.93. The van der Waals surface area contributed by atoms with Crippen molar-refractivity contribution in [3.05, 3.63) is 28.5 Å². The smallest absolute Gasteiger partial charge is 0.0542 e. The highest BCUT2D eigenvalue weighted by atomic mass is 79.9. The van der Waals surface area contributed by atoms with E-state index in [1.165, 1.54) is 0 Å². The molecule has 1 aromatic rings. The molecule has 0 amide bonds. The highest BCUT2D eigenvalue weighted by molar-refractivity contribution is 9.10. The number of halogens is 1. The summed E-state index contributed by atoms with van der Waals surface area (Å²) in [6.45, 7) is 4.08. The van der Waals surface area contributed by atoms with Crippen LogP contribution in [-0.2, 0) is 6.54 Å². The lowest BCUT2D eigenvalue weighted by Gasteiger charge is -2.10. The second-order valence-electron chi connectivity index (χ2n) is 3.72. The van der Waals surface area contributed by atoms with E-state index in [2.05, 4.69) is 33.2 Å². The van der Waals surface area contributed by atoms with E-state index in [0.29, 0.717) is 5.92 Å². The molecule has 0 radical (unpaired) electrons. The molecule has 0 aliphatic rings. The summed E-state index contributed by atoms with van der Waals surface area (Å²) in [6.07, 6.45) is 2.65. The summed E-state index contributed by atoms with van der Waals surface area (Å²) < 4.78 is 1.000. The van der Waals surface area contributed by atoms with Crippen molar-refractivity contribution in [2.24, 2.45) is 5.92 Å². The summed E-state index contributed by atoms with van der Waals surface area (Å²) in [4.78, 5) is 4.26. The van der Waals surface area contributed by atoms with Crippen molar-refractivity contribution in [3.63, 3.8) is 0 Å². The van der Waals surface area contributed by atoms with E-state index >= 15 is 0 Å². The molecule has 1 atom stereocenters. The van der Waals surface area contributed by atoms with E-state index in [9.17, 15) is 0 Å². The van der Waals surface area contributed by atoms with Crippen LogP contribution in [-0.4, -0.2) is 23.2 Å². The maximum atomic E-state index is 8.74. The number of nitrogens with zero attached hydrogens (tertiary/aromatic N) is 1. The lowest BCUT2D eigenvalue weighted by atomic mass is 10.1. The van der Waals surface area contributed by atoms with Gasteiger partial charge in [-0.05, 0) is 46.9 Å². The molecule has 2 N–H and O–H groups in total. The monoisotopic (exact) mass is 272 g/mol. The SMILES string of the molecule is CC(CCO)CNCc1ccc(Br)cn1. The number of pyridine rings is 1. The van der Waals surface area contributed by atoms with Gasteiger partial charge in [0.2, 0.25) is 0 Å². The van der Waals surface area contributed by atoms with Crippen LogP contribution in [0.25, 0.3) is 0 Å². The summed E-state index contributed by atoms with van der Waals surface area (Å²) in [5, 5.41) is 12.1. The van der Waals surface area contributed by atoms with Gasteiger partial charge < -0.3 is 10.4 Å². The molecule has 15 heavy (non-hydrogen) atoms. The number of hydrogen-bond acceptors (Lipinski definition) is 3. The molecule has 1 aromatic heterocycles. The van der Waals surface area contributed by atoms with E-state index < -0.39 is 0 Å². The fraction of sp³-hybridized carbons (Fsp3) is 0.545. The van der Waals surface area contributed by atoms with E-state index in [0.717, 1.165) is 29.7 Å². The van der Waals surface area contributed by atoms with Gasteiger partial charge in [-0.1, -0.05) is 6.92 Å². The zero-order valence-corrected chi connectivity index (χ0v) is 10.5. The van der Waals surface area contributed by atoms with Gasteiger partial charge in [-0.3, -0.25) is 4.98 Å². The first-order valence-electron chi connectivity index (χ1n) is 5.14. The lowest BCUT2D eigenvalue weighted by Crippen LogP contribution is -2.21. The minimum absolute atomic E-state index is 0.263. The van der Waals surface area contributed by atoms with Crippen LogP contribution in [0.5, 0.6) is 0 Å². The predicted octanol–water partition coefficient (Wildman–Crippen LogP) is 1.95. The number of nitrogens with one attached hydrogen (secondary N) is 1. The van der Waals surface area contributed by atoms with Gasteiger partial charge in [-0.25, -0.2) is 0 Å². The maximum Gasteiger partial charge on any atom is 0.0542 e. The molecule has 0 spiro atoms. The highest BCUT2D eigenvalue weighted by Gasteiger charge is 2.00. The molecule has 0 aromatic carbocycles. The molecule has 0 saturated heterocycles. The van der Waals surface area contributed by atoms with Gasteiger partial charge in [0.25, 0.3) is 0 Å². The van der Waals surface area contributed by atoms with Crippen molar-refractivity contribution in [2.45, 2.75) is 19.9 Å². The van der Waals surface area contributed by atoms with Gasteiger partial charge in [0.1, 0.15) is 0 Å². The van der Waals surface area contributed by atoms with Crippen LogP contribution >= 0.6 is 15.9 Å². The van der Waals surface area contributed by atoms with Crippen molar-refractivity contribution in [3.8, 4) is 0 Å². The van der Waals surface area contributed by atoms with Crippen molar-refractivity contribution in [2.75, 3.05) is 13.2 Å². The molecule has 3 nitrogen and oxygen atoms in total. The van der Waals surface area contributed by atoms with Gasteiger partial charge >= 0.3 is 0 Å². The maximum absolute atomic E-state index is 8.74. The van der Waals surface area contributed by atoms with Crippen LogP contribution in [0.3, 0.4) is 0 Å². The molecule has 84 valence electrons. The minimum Gasteiger partial charge on any atom is -0.396 e. The third-order valence-electron chi connectivity index (χ3n) is 2.21. The van der Waals surface area contributed by atoms with Crippen LogP contribution in [0.1, 0.15) is 19.0 Å². The predicted molar refractivity (Wildman–Crippen MR) is 64.5 cm³/mol. The summed E-state index contributed by atoms with van der Waals surface area (Å²) in [6, 6.07) is 3.98. The third kappa shape index (κ3) is 5.25. The lowest BCUT2D eigenvalue weighted by molar-refractivity contribution is 0.260. The van der Waals surface area contributed by atoms with Crippen LogP contribution in [0.2, 0.25) is 0 Å². The molecule has 0 saturated carbocycles. The average molecular weight is 273 g/mol. The Kier molecular flexibility index (Phi) is 5.83. The molecule has 0 aliphatic heterocycles. The molecule has 1 heterocycles. The van der Waals surface area contributed by atoms with Crippen LogP contribution in [0, 0.1) is 5.92 Å². The van der Waals surface area contributed by atoms with Gasteiger partial charge in [-0.15, -0.1) is 0 Å². The Morgan fingerprint density at radius 3 is 2.93 bits per heavy atom. The summed E-state index contributed by atoms with van der Waals surface area (Å²) in [5.74, 6) is 0.505. The van der Waals surface area contributed by atoms with Gasteiger partial charge in [0.05, 0.1) is 5.69 Å². The summed E-state index contributed by atoms with van der Waals surface area (Å²) in [7, 11) is 0. The topological polar surface area (TPSA) is 45.1 Å². The fourth-order valence-electron chi connectivity index (χ4n) is 1.28. The highest BCUT2D eigenvalue weighted by Crippen LogP contribution is 2.07. The van der Waals surface area contributed by atoms with E-state index in [-0.39, 0.29) is 6.61 Å². The molecule has 0 aliphatic carbocycles. The summed E-state index contributed by atoms with van der Waals surface area (Å²) >= 11 is 3.35. The molecular weight excluding hydrogens is 256 g/mol. The second kappa shape index (κ2) is 6.93. The average Bonchev–Trinajstić information content (AvgIpc) is 2.21. The zero-order valence-electron chi connectivity index (χ0n) is 8.91. The van der Waals surface area contributed by atoms with E-state index in [4.69, 9.17) is 5.11 Å². The third-order valence-corrected chi connectivity index (χ3v) is 2.68. The number of rotatable bonds is 6. The number of aromatic nitrogens is 1. The standard InChI is InChI=1S/C11H17BrN2O/c1-9(4-5-15)6-13-8-11-3-2-10(12)7-14-11/h2-3,7,9,13,15H,4-6,8H2,1H3. The Balaban J connectivity index is 2.22. The van der Waals surface area contributed by atoms with Crippen LogP contribution in [0.15, 0.2) is 22.8 Å². The molecule has 4 heteroatoms. The Hall–Kier alpha value is -0.450. The van der Waals surface area contributed by atoms with E-state index in [1.807, 2.05) is 12.1 Å². The number of hydrogen-bond donors (Lipinski definition) is 2. The van der Waals surface area contributed by atoms with E-state index in [1.54, 1.807) is 6.20 Å².